The average Bonchev–Trinajstić information content (AvgIpc) is 2.60. The lowest BCUT2D eigenvalue weighted by molar-refractivity contribution is -0.122. The van der Waals surface area contributed by atoms with Crippen LogP contribution < -0.4 is 15.0 Å². The fourth-order valence-electron chi connectivity index (χ4n) is 2.42. The number of benzene rings is 2. The van der Waals surface area contributed by atoms with Gasteiger partial charge in [0.15, 0.2) is 0 Å². The fourth-order valence-corrected chi connectivity index (χ4v) is 2.55. The molecule has 25 heavy (non-hydrogen) atoms. The molecule has 4 amide bonds. The number of rotatable bonds is 3. The third-order valence-corrected chi connectivity index (χ3v) is 3.88. The lowest BCUT2D eigenvalue weighted by Gasteiger charge is -2.26. The summed E-state index contributed by atoms with van der Waals surface area (Å²) in [6.45, 7) is 0. The van der Waals surface area contributed by atoms with Crippen LogP contribution >= 0.6 is 11.6 Å². The number of halogens is 1. The van der Waals surface area contributed by atoms with Crippen LogP contribution in [0.15, 0.2) is 54.1 Å². The van der Waals surface area contributed by atoms with Gasteiger partial charge >= 0.3 is 6.03 Å². The number of hydrogen-bond donors (Lipinski definition) is 1. The first-order valence-electron chi connectivity index (χ1n) is 7.31. The van der Waals surface area contributed by atoms with Crippen molar-refractivity contribution in [3.8, 4) is 5.75 Å². The van der Waals surface area contributed by atoms with Crippen molar-refractivity contribution in [3.63, 3.8) is 0 Å². The number of carbonyl (C=O) groups excluding carboxylic acids is 3. The van der Waals surface area contributed by atoms with Gasteiger partial charge in [-0.3, -0.25) is 14.9 Å². The van der Waals surface area contributed by atoms with Gasteiger partial charge in [0.1, 0.15) is 11.3 Å². The summed E-state index contributed by atoms with van der Waals surface area (Å²) < 4.78 is 5.22. The summed E-state index contributed by atoms with van der Waals surface area (Å²) in [7, 11) is 1.49. The van der Waals surface area contributed by atoms with Gasteiger partial charge in [-0.25, -0.2) is 9.69 Å². The molecule has 0 bridgehead atoms. The number of nitrogens with one attached hydrogen (secondary N) is 1. The highest BCUT2D eigenvalue weighted by Gasteiger charge is 2.36. The normalized spacial score (nSPS) is 16.2. The van der Waals surface area contributed by atoms with Crippen LogP contribution in [-0.4, -0.2) is 25.0 Å². The molecular formula is C18H13ClN2O4. The Morgan fingerprint density at radius 3 is 2.40 bits per heavy atom. The minimum absolute atomic E-state index is 0.168. The van der Waals surface area contributed by atoms with Gasteiger partial charge in [-0.05, 0) is 36.4 Å². The Morgan fingerprint density at radius 1 is 1.04 bits per heavy atom. The zero-order chi connectivity index (χ0) is 18.0. The molecule has 1 fully saturated rings. The van der Waals surface area contributed by atoms with Gasteiger partial charge in [-0.2, -0.15) is 0 Å². The third kappa shape index (κ3) is 3.25. The maximum atomic E-state index is 12.7. The van der Waals surface area contributed by atoms with Crippen molar-refractivity contribution in [1.82, 2.24) is 5.32 Å². The number of nitrogens with zero attached hydrogens (tertiary/aromatic N) is 1. The summed E-state index contributed by atoms with van der Waals surface area (Å²) >= 11 is 5.83. The number of imide groups is 2. The van der Waals surface area contributed by atoms with Crippen LogP contribution in [0.2, 0.25) is 5.02 Å². The van der Waals surface area contributed by atoms with E-state index in [9.17, 15) is 14.4 Å². The van der Waals surface area contributed by atoms with E-state index in [2.05, 4.69) is 5.32 Å². The Labute approximate surface area is 148 Å². The minimum Gasteiger partial charge on any atom is -0.496 e. The van der Waals surface area contributed by atoms with Gasteiger partial charge in [0.25, 0.3) is 11.8 Å². The van der Waals surface area contributed by atoms with E-state index in [1.54, 1.807) is 36.4 Å². The standard InChI is InChI=1S/C18H13ClN2O4/c1-25-15-5-3-2-4-11(15)10-14-16(22)20-18(24)21(17(14)23)13-8-6-12(19)7-9-13/h2-10H,1H3,(H,20,22,24)/b14-10+. The monoisotopic (exact) mass is 356 g/mol. The maximum Gasteiger partial charge on any atom is 0.335 e. The van der Waals surface area contributed by atoms with Crippen molar-refractivity contribution < 1.29 is 19.1 Å². The molecule has 0 spiro atoms. The second kappa shape index (κ2) is 6.78. The predicted octanol–water partition coefficient (Wildman–Crippen LogP) is 3.02. The first kappa shape index (κ1) is 16.7. The highest BCUT2D eigenvalue weighted by Crippen LogP contribution is 2.25. The molecule has 0 saturated carbocycles. The van der Waals surface area contributed by atoms with Crippen LogP contribution in [0.4, 0.5) is 10.5 Å². The number of ether oxygens (including phenoxy) is 1. The van der Waals surface area contributed by atoms with E-state index in [1.807, 2.05) is 0 Å². The molecule has 0 atom stereocenters. The van der Waals surface area contributed by atoms with Crippen LogP contribution in [-0.2, 0) is 9.59 Å². The van der Waals surface area contributed by atoms with Crippen molar-refractivity contribution in [2.24, 2.45) is 0 Å². The maximum absolute atomic E-state index is 12.7. The van der Waals surface area contributed by atoms with Gasteiger partial charge in [-0.15, -0.1) is 0 Å². The molecule has 1 N–H and O–H groups in total. The second-order valence-electron chi connectivity index (χ2n) is 5.18. The molecule has 0 aromatic heterocycles. The number of barbiturate groups is 1. The topological polar surface area (TPSA) is 75.7 Å². The molecule has 1 aliphatic rings. The van der Waals surface area contributed by atoms with E-state index in [1.165, 1.54) is 25.3 Å². The largest absolute Gasteiger partial charge is 0.496 e. The van der Waals surface area contributed by atoms with Crippen molar-refractivity contribution in [2.75, 3.05) is 12.0 Å². The number of urea groups is 1. The van der Waals surface area contributed by atoms with Crippen LogP contribution in [0, 0.1) is 0 Å². The summed E-state index contributed by atoms with van der Waals surface area (Å²) in [6, 6.07) is 12.3. The number of carbonyl (C=O) groups is 3. The average molecular weight is 357 g/mol. The molecule has 3 rings (SSSR count). The number of hydrogen-bond acceptors (Lipinski definition) is 4. The zero-order valence-corrected chi connectivity index (χ0v) is 13.9. The molecule has 1 heterocycles. The SMILES string of the molecule is COc1ccccc1/C=C1\C(=O)NC(=O)N(c2ccc(Cl)cc2)C1=O. The Kier molecular flexibility index (Phi) is 4.54. The fraction of sp³-hybridized carbons (Fsp3) is 0.0556. The molecule has 1 saturated heterocycles. The van der Waals surface area contributed by atoms with Crippen LogP contribution in [0.5, 0.6) is 5.75 Å². The van der Waals surface area contributed by atoms with Gasteiger partial charge in [0.2, 0.25) is 0 Å². The molecule has 7 heteroatoms. The van der Waals surface area contributed by atoms with E-state index in [0.29, 0.717) is 22.0 Å². The van der Waals surface area contributed by atoms with Crippen LogP contribution in [0.1, 0.15) is 5.56 Å². The van der Waals surface area contributed by atoms with Gasteiger partial charge in [0.05, 0.1) is 12.8 Å². The molecule has 126 valence electrons. The third-order valence-electron chi connectivity index (χ3n) is 3.63. The molecule has 6 nitrogen and oxygen atoms in total. The smallest absolute Gasteiger partial charge is 0.335 e. The summed E-state index contributed by atoms with van der Waals surface area (Å²) in [5.41, 5.74) is 0.693. The molecular weight excluding hydrogens is 344 g/mol. The number of para-hydroxylation sites is 1. The van der Waals surface area contributed by atoms with E-state index in [0.717, 1.165) is 4.90 Å². The molecule has 2 aromatic carbocycles. The summed E-state index contributed by atoms with van der Waals surface area (Å²) in [5.74, 6) is -0.973. The highest BCUT2D eigenvalue weighted by atomic mass is 35.5. The Hall–Kier alpha value is -3.12. The van der Waals surface area contributed by atoms with E-state index in [4.69, 9.17) is 16.3 Å². The van der Waals surface area contributed by atoms with E-state index >= 15 is 0 Å². The quantitative estimate of drug-likeness (QED) is 0.677. The predicted molar refractivity (Wildman–Crippen MR) is 93.4 cm³/mol. The van der Waals surface area contributed by atoms with Crippen molar-refractivity contribution in [2.45, 2.75) is 0 Å². The lowest BCUT2D eigenvalue weighted by Crippen LogP contribution is -2.54. The number of anilines is 1. The number of amides is 4. The van der Waals surface area contributed by atoms with Gasteiger partial charge in [-0.1, -0.05) is 29.8 Å². The highest BCUT2D eigenvalue weighted by molar-refractivity contribution is 6.39. The van der Waals surface area contributed by atoms with Crippen LogP contribution in [0.25, 0.3) is 6.08 Å². The summed E-state index contributed by atoms with van der Waals surface area (Å²) in [5, 5.41) is 2.63. The molecule has 1 aliphatic heterocycles. The Morgan fingerprint density at radius 2 is 1.72 bits per heavy atom. The molecule has 0 aliphatic carbocycles. The first-order chi connectivity index (χ1) is 12.0. The van der Waals surface area contributed by atoms with E-state index < -0.39 is 17.8 Å². The second-order valence-corrected chi connectivity index (χ2v) is 5.61. The van der Waals surface area contributed by atoms with Crippen molar-refractivity contribution >= 4 is 41.2 Å². The van der Waals surface area contributed by atoms with Crippen molar-refractivity contribution in [1.29, 1.82) is 0 Å². The molecule has 0 unspecified atom stereocenters. The molecule has 2 aromatic rings. The first-order valence-corrected chi connectivity index (χ1v) is 7.69. The lowest BCUT2D eigenvalue weighted by atomic mass is 10.1. The van der Waals surface area contributed by atoms with Crippen molar-refractivity contribution in [3.05, 3.63) is 64.7 Å². The number of methoxy groups -OCH3 is 1. The minimum atomic E-state index is -0.811. The van der Waals surface area contributed by atoms with Gasteiger partial charge in [0, 0.05) is 10.6 Å². The zero-order valence-electron chi connectivity index (χ0n) is 13.2. The van der Waals surface area contributed by atoms with E-state index in [-0.39, 0.29) is 5.57 Å². The van der Waals surface area contributed by atoms with Crippen LogP contribution in [0.3, 0.4) is 0 Å². The summed E-state index contributed by atoms with van der Waals surface area (Å²) in [6.07, 6.45) is 1.39. The van der Waals surface area contributed by atoms with Gasteiger partial charge < -0.3 is 4.74 Å². The molecule has 0 radical (unpaired) electrons. The summed E-state index contributed by atoms with van der Waals surface area (Å²) in [4.78, 5) is 37.9. The Bertz CT molecular complexity index is 890. The Balaban J connectivity index is 2.03.